The second-order valence-electron chi connectivity index (χ2n) is 2.17. The van der Waals surface area contributed by atoms with Gasteiger partial charge in [0.1, 0.15) is 0 Å². The Morgan fingerprint density at radius 3 is 2.78 bits per heavy atom. The topological polar surface area (TPSA) is 0 Å². The number of hydrogen-bond donors (Lipinski definition) is 0. The van der Waals surface area contributed by atoms with Crippen molar-refractivity contribution in [1.29, 1.82) is 0 Å². The van der Waals surface area contributed by atoms with Gasteiger partial charge in [-0.25, -0.2) is 0 Å². The summed E-state index contributed by atoms with van der Waals surface area (Å²) in [6.45, 7) is 1.99. The zero-order valence-corrected chi connectivity index (χ0v) is 6.71. The lowest BCUT2D eigenvalue weighted by Gasteiger charge is -2.10. The van der Waals surface area contributed by atoms with Crippen LogP contribution in [-0.4, -0.2) is 5.38 Å². The van der Waals surface area contributed by atoms with Crippen molar-refractivity contribution in [1.82, 2.24) is 0 Å². The average Bonchev–Trinajstić information content (AvgIpc) is 1.80. The molecule has 1 unspecified atom stereocenters. The average molecular weight is 163 g/mol. The summed E-state index contributed by atoms with van der Waals surface area (Å²) in [5.41, 5.74) is 1.13. The van der Waals surface area contributed by atoms with Crippen LogP contribution < -0.4 is 0 Å². The standard InChI is InChI=1S/C7H8Cl2/c1-5-2-3-6(8)4-7(5)9/h2-3,6H,4H2,1H3. The van der Waals surface area contributed by atoms with Crippen LogP contribution in [0, 0.1) is 0 Å². The second kappa shape index (κ2) is 2.76. The third-order valence-corrected chi connectivity index (χ3v) is 2.11. The van der Waals surface area contributed by atoms with Crippen LogP contribution >= 0.6 is 23.2 Å². The molecule has 0 N–H and O–H groups in total. The van der Waals surface area contributed by atoms with Crippen molar-refractivity contribution in [2.24, 2.45) is 0 Å². The van der Waals surface area contributed by atoms with Gasteiger partial charge in [-0.15, -0.1) is 11.6 Å². The summed E-state index contributed by atoms with van der Waals surface area (Å²) in [6, 6.07) is 0. The van der Waals surface area contributed by atoms with Crippen molar-refractivity contribution in [3.63, 3.8) is 0 Å². The lowest BCUT2D eigenvalue weighted by Crippen LogP contribution is -1.98. The minimum Gasteiger partial charge on any atom is -0.118 e. The second-order valence-corrected chi connectivity index (χ2v) is 3.18. The van der Waals surface area contributed by atoms with Crippen LogP contribution in [0.15, 0.2) is 22.8 Å². The van der Waals surface area contributed by atoms with Gasteiger partial charge in [0, 0.05) is 11.5 Å². The lowest BCUT2D eigenvalue weighted by atomic mass is 10.1. The van der Waals surface area contributed by atoms with Crippen LogP contribution in [0.1, 0.15) is 13.3 Å². The Hall–Kier alpha value is 0.0600. The van der Waals surface area contributed by atoms with Crippen molar-refractivity contribution < 1.29 is 0 Å². The molecule has 1 aliphatic carbocycles. The fourth-order valence-electron chi connectivity index (χ4n) is 0.739. The van der Waals surface area contributed by atoms with Gasteiger partial charge in [0.2, 0.25) is 0 Å². The molecule has 0 aromatic rings. The van der Waals surface area contributed by atoms with E-state index >= 15 is 0 Å². The molecule has 0 aromatic carbocycles. The molecular formula is C7H8Cl2. The molecule has 1 atom stereocenters. The summed E-state index contributed by atoms with van der Waals surface area (Å²) in [5.74, 6) is 0. The van der Waals surface area contributed by atoms with Gasteiger partial charge < -0.3 is 0 Å². The van der Waals surface area contributed by atoms with Crippen LogP contribution in [0.3, 0.4) is 0 Å². The first-order chi connectivity index (χ1) is 4.20. The van der Waals surface area contributed by atoms with Crippen molar-refractivity contribution in [2.75, 3.05) is 0 Å². The molecule has 0 amide bonds. The van der Waals surface area contributed by atoms with E-state index in [0.29, 0.717) is 0 Å². The zero-order valence-electron chi connectivity index (χ0n) is 5.20. The summed E-state index contributed by atoms with van der Waals surface area (Å²) < 4.78 is 0. The molecule has 1 rings (SSSR count). The van der Waals surface area contributed by atoms with E-state index < -0.39 is 0 Å². The molecule has 2 heteroatoms. The molecule has 0 fully saturated rings. The summed E-state index contributed by atoms with van der Waals surface area (Å²) >= 11 is 11.6. The van der Waals surface area contributed by atoms with E-state index in [0.717, 1.165) is 17.0 Å². The fraction of sp³-hybridized carbons (Fsp3) is 0.429. The highest BCUT2D eigenvalue weighted by Crippen LogP contribution is 2.24. The molecule has 9 heavy (non-hydrogen) atoms. The predicted octanol–water partition coefficient (Wildman–Crippen LogP) is 3.07. The Kier molecular flexibility index (Phi) is 2.20. The van der Waals surface area contributed by atoms with Gasteiger partial charge in [0.15, 0.2) is 0 Å². The fourth-order valence-corrected chi connectivity index (χ4v) is 1.27. The van der Waals surface area contributed by atoms with E-state index in [1.165, 1.54) is 0 Å². The van der Waals surface area contributed by atoms with Crippen molar-refractivity contribution in [3.8, 4) is 0 Å². The van der Waals surface area contributed by atoms with Gasteiger partial charge in [-0.05, 0) is 12.5 Å². The number of alkyl halides is 1. The molecule has 1 aliphatic rings. The minimum absolute atomic E-state index is 0.0983. The van der Waals surface area contributed by atoms with Gasteiger partial charge in [0.05, 0.1) is 5.38 Å². The van der Waals surface area contributed by atoms with E-state index in [-0.39, 0.29) is 5.38 Å². The van der Waals surface area contributed by atoms with Gasteiger partial charge in [-0.2, -0.15) is 0 Å². The first-order valence-corrected chi connectivity index (χ1v) is 3.69. The Bertz CT molecular complexity index is 168. The molecule has 0 saturated heterocycles. The Labute approximate surface area is 65.2 Å². The Morgan fingerprint density at radius 2 is 2.33 bits per heavy atom. The van der Waals surface area contributed by atoms with E-state index in [1.54, 1.807) is 0 Å². The monoisotopic (exact) mass is 162 g/mol. The summed E-state index contributed by atoms with van der Waals surface area (Å²) in [5, 5.41) is 0.985. The highest BCUT2D eigenvalue weighted by Gasteiger charge is 2.08. The molecule has 0 spiro atoms. The molecular weight excluding hydrogens is 155 g/mol. The highest BCUT2D eigenvalue weighted by molar-refractivity contribution is 6.31. The maximum atomic E-state index is 5.81. The number of allylic oxidation sites excluding steroid dienone is 4. The normalized spacial score (nSPS) is 27.2. The molecule has 0 aromatic heterocycles. The first kappa shape index (κ1) is 7.17. The maximum Gasteiger partial charge on any atom is 0.0568 e. The zero-order chi connectivity index (χ0) is 6.85. The molecule has 50 valence electrons. The predicted molar refractivity (Wildman–Crippen MR) is 42.0 cm³/mol. The van der Waals surface area contributed by atoms with E-state index in [4.69, 9.17) is 23.2 Å². The van der Waals surface area contributed by atoms with Crippen molar-refractivity contribution >= 4 is 23.2 Å². The molecule has 0 bridgehead atoms. The van der Waals surface area contributed by atoms with Crippen LogP contribution in [-0.2, 0) is 0 Å². The van der Waals surface area contributed by atoms with Crippen LogP contribution in [0.5, 0.6) is 0 Å². The van der Waals surface area contributed by atoms with Gasteiger partial charge >= 0.3 is 0 Å². The Morgan fingerprint density at radius 1 is 1.67 bits per heavy atom. The van der Waals surface area contributed by atoms with Crippen LogP contribution in [0.2, 0.25) is 0 Å². The third kappa shape index (κ3) is 1.74. The number of halogens is 2. The van der Waals surface area contributed by atoms with Gasteiger partial charge in [0.25, 0.3) is 0 Å². The first-order valence-electron chi connectivity index (χ1n) is 2.87. The molecule has 0 aliphatic heterocycles. The van der Waals surface area contributed by atoms with Gasteiger partial charge in [-0.3, -0.25) is 0 Å². The molecule has 0 nitrogen and oxygen atoms in total. The van der Waals surface area contributed by atoms with Crippen molar-refractivity contribution in [2.45, 2.75) is 18.7 Å². The summed E-state index contributed by atoms with van der Waals surface area (Å²) in [7, 11) is 0. The van der Waals surface area contributed by atoms with Gasteiger partial charge in [-0.1, -0.05) is 23.8 Å². The number of rotatable bonds is 0. The molecule has 0 heterocycles. The smallest absolute Gasteiger partial charge is 0.0568 e. The summed E-state index contributed by atoms with van der Waals surface area (Å²) in [4.78, 5) is 0. The third-order valence-electron chi connectivity index (χ3n) is 1.36. The van der Waals surface area contributed by atoms with E-state index in [1.807, 2.05) is 19.1 Å². The van der Waals surface area contributed by atoms with Crippen LogP contribution in [0.4, 0.5) is 0 Å². The number of hydrogen-bond acceptors (Lipinski definition) is 0. The maximum absolute atomic E-state index is 5.81. The lowest BCUT2D eigenvalue weighted by molar-refractivity contribution is 1.00. The largest absolute Gasteiger partial charge is 0.118 e. The molecule has 0 saturated carbocycles. The SMILES string of the molecule is CC1=C(Cl)CC(Cl)C=C1. The minimum atomic E-state index is 0.0983. The highest BCUT2D eigenvalue weighted by atomic mass is 35.5. The summed E-state index contributed by atoms with van der Waals surface area (Å²) in [6.07, 6.45) is 4.71. The Balaban J connectivity index is 2.75. The van der Waals surface area contributed by atoms with E-state index in [2.05, 4.69) is 0 Å². The van der Waals surface area contributed by atoms with E-state index in [9.17, 15) is 0 Å². The quantitative estimate of drug-likeness (QED) is 0.481. The molecule has 0 radical (unpaired) electrons. The van der Waals surface area contributed by atoms with Crippen molar-refractivity contribution in [3.05, 3.63) is 22.8 Å². The van der Waals surface area contributed by atoms with Crippen LogP contribution in [0.25, 0.3) is 0 Å².